The van der Waals surface area contributed by atoms with Crippen LogP contribution in [0.5, 0.6) is 5.75 Å². The van der Waals surface area contributed by atoms with Gasteiger partial charge in [-0.15, -0.1) is 0 Å². The van der Waals surface area contributed by atoms with E-state index in [0.717, 1.165) is 33.4 Å². The zero-order chi connectivity index (χ0) is 18.0. The van der Waals surface area contributed by atoms with E-state index in [4.69, 9.17) is 13.9 Å². The minimum atomic E-state index is -0.288. The Kier molecular flexibility index (Phi) is 4.79. The lowest BCUT2D eigenvalue weighted by molar-refractivity contribution is -0.144. The average molecular weight is 338 g/mol. The van der Waals surface area contributed by atoms with Crippen LogP contribution < -0.4 is 4.74 Å². The average Bonchev–Trinajstić information content (AvgIpc) is 2.95. The Morgan fingerprint density at radius 2 is 1.80 bits per heavy atom. The lowest BCUT2D eigenvalue weighted by Gasteiger charge is -2.10. The molecule has 0 saturated heterocycles. The predicted octanol–water partition coefficient (Wildman–Crippen LogP) is 4.65. The van der Waals surface area contributed by atoms with Crippen LogP contribution in [0.25, 0.3) is 11.0 Å². The lowest BCUT2D eigenvalue weighted by Crippen LogP contribution is -2.08. The molecule has 2 aromatic carbocycles. The molecule has 0 aliphatic heterocycles. The van der Waals surface area contributed by atoms with Crippen molar-refractivity contribution in [1.82, 2.24) is 0 Å². The highest BCUT2D eigenvalue weighted by Crippen LogP contribution is 2.26. The molecule has 1 heterocycles. The van der Waals surface area contributed by atoms with Crippen molar-refractivity contribution in [3.63, 3.8) is 0 Å². The molecule has 3 rings (SSSR count). The van der Waals surface area contributed by atoms with Crippen molar-refractivity contribution in [2.24, 2.45) is 0 Å². The first kappa shape index (κ1) is 17.1. The first-order chi connectivity index (χ1) is 12.0. The summed E-state index contributed by atoms with van der Waals surface area (Å²) in [5.41, 5.74) is 5.94. The fourth-order valence-corrected chi connectivity index (χ4v) is 2.86. The van der Waals surface area contributed by atoms with Gasteiger partial charge < -0.3 is 13.9 Å². The van der Waals surface area contributed by atoms with Crippen LogP contribution in [-0.2, 0) is 22.6 Å². The van der Waals surface area contributed by atoms with Gasteiger partial charge in [-0.2, -0.15) is 0 Å². The monoisotopic (exact) mass is 338 g/mol. The molecule has 0 aliphatic rings. The SMILES string of the molecule is COc1ccc(C)cc1COC(=O)Cc1coc2cc(C)c(C)cc12. The van der Waals surface area contributed by atoms with Crippen LogP contribution in [0, 0.1) is 20.8 Å². The minimum absolute atomic E-state index is 0.184. The van der Waals surface area contributed by atoms with Crippen molar-refractivity contribution in [2.75, 3.05) is 7.11 Å². The molecule has 0 saturated carbocycles. The number of carbonyl (C=O) groups is 1. The number of aryl methyl sites for hydroxylation is 3. The second kappa shape index (κ2) is 7.01. The van der Waals surface area contributed by atoms with Crippen LogP contribution in [0.3, 0.4) is 0 Å². The van der Waals surface area contributed by atoms with E-state index in [1.54, 1.807) is 13.4 Å². The number of furan rings is 1. The molecule has 3 aromatic rings. The van der Waals surface area contributed by atoms with E-state index >= 15 is 0 Å². The smallest absolute Gasteiger partial charge is 0.310 e. The van der Waals surface area contributed by atoms with E-state index in [0.29, 0.717) is 0 Å². The standard InChI is InChI=1S/C21H22O4/c1-13-5-6-19(23-4)17(7-13)12-25-21(22)10-16-11-24-20-9-15(3)14(2)8-18(16)20/h5-9,11H,10,12H2,1-4H3. The minimum Gasteiger partial charge on any atom is -0.496 e. The third-order valence-corrected chi connectivity index (χ3v) is 4.43. The molecule has 0 N–H and O–H groups in total. The summed E-state index contributed by atoms with van der Waals surface area (Å²) in [6, 6.07) is 9.86. The van der Waals surface area contributed by atoms with Gasteiger partial charge in [0.05, 0.1) is 19.8 Å². The van der Waals surface area contributed by atoms with Gasteiger partial charge in [-0.1, -0.05) is 11.6 Å². The number of benzene rings is 2. The molecule has 0 bridgehead atoms. The van der Waals surface area contributed by atoms with Gasteiger partial charge in [-0.05, 0) is 56.2 Å². The van der Waals surface area contributed by atoms with E-state index in [9.17, 15) is 4.79 Å². The van der Waals surface area contributed by atoms with Crippen molar-refractivity contribution in [1.29, 1.82) is 0 Å². The van der Waals surface area contributed by atoms with E-state index in [1.165, 1.54) is 11.1 Å². The molecule has 1 aromatic heterocycles. The van der Waals surface area contributed by atoms with Crippen molar-refractivity contribution < 1.29 is 18.7 Å². The molecule has 0 spiro atoms. The third-order valence-electron chi connectivity index (χ3n) is 4.43. The number of hydrogen-bond donors (Lipinski definition) is 0. The lowest BCUT2D eigenvalue weighted by atomic mass is 10.0. The van der Waals surface area contributed by atoms with Gasteiger partial charge in [0.2, 0.25) is 0 Å². The van der Waals surface area contributed by atoms with Gasteiger partial charge in [0.25, 0.3) is 0 Å². The zero-order valence-electron chi connectivity index (χ0n) is 15.0. The highest BCUT2D eigenvalue weighted by atomic mass is 16.5. The third kappa shape index (κ3) is 3.68. The molecule has 0 radical (unpaired) electrons. The summed E-state index contributed by atoms with van der Waals surface area (Å²) in [6.07, 6.45) is 1.82. The number of rotatable bonds is 5. The van der Waals surface area contributed by atoms with Crippen LogP contribution in [0.1, 0.15) is 27.8 Å². The molecule has 0 aliphatic carbocycles. The summed E-state index contributed by atoms with van der Waals surface area (Å²) in [6.45, 7) is 6.28. The summed E-state index contributed by atoms with van der Waals surface area (Å²) in [4.78, 5) is 12.3. The predicted molar refractivity (Wildman–Crippen MR) is 96.9 cm³/mol. The number of esters is 1. The summed E-state index contributed by atoms with van der Waals surface area (Å²) >= 11 is 0. The molecule has 25 heavy (non-hydrogen) atoms. The van der Waals surface area contributed by atoms with Gasteiger partial charge >= 0.3 is 5.97 Å². The van der Waals surface area contributed by atoms with Gasteiger partial charge in [0.15, 0.2) is 0 Å². The molecule has 0 unspecified atom stereocenters. The van der Waals surface area contributed by atoms with Crippen LogP contribution >= 0.6 is 0 Å². The van der Waals surface area contributed by atoms with Gasteiger partial charge in [-0.25, -0.2) is 0 Å². The van der Waals surface area contributed by atoms with Crippen molar-refractivity contribution >= 4 is 16.9 Å². The van der Waals surface area contributed by atoms with Crippen molar-refractivity contribution in [3.8, 4) is 5.75 Å². The van der Waals surface area contributed by atoms with Crippen LogP contribution in [-0.4, -0.2) is 13.1 Å². The first-order valence-electron chi connectivity index (χ1n) is 8.24. The van der Waals surface area contributed by atoms with Crippen molar-refractivity contribution in [2.45, 2.75) is 33.8 Å². The Morgan fingerprint density at radius 1 is 1.04 bits per heavy atom. The Labute approximate surface area is 147 Å². The van der Waals surface area contributed by atoms with E-state index in [-0.39, 0.29) is 19.0 Å². The van der Waals surface area contributed by atoms with E-state index in [2.05, 4.69) is 6.07 Å². The molecule has 0 amide bonds. The topological polar surface area (TPSA) is 48.7 Å². The normalized spacial score (nSPS) is 10.9. The van der Waals surface area contributed by atoms with Gasteiger partial charge in [0.1, 0.15) is 17.9 Å². The van der Waals surface area contributed by atoms with E-state index in [1.807, 2.05) is 45.0 Å². The summed E-state index contributed by atoms with van der Waals surface area (Å²) in [7, 11) is 1.61. The largest absolute Gasteiger partial charge is 0.496 e. The first-order valence-corrected chi connectivity index (χ1v) is 8.24. The molecule has 130 valence electrons. The maximum Gasteiger partial charge on any atom is 0.310 e. The molecule has 0 fully saturated rings. The quantitative estimate of drug-likeness (QED) is 0.635. The van der Waals surface area contributed by atoms with Crippen LogP contribution in [0.2, 0.25) is 0 Å². The van der Waals surface area contributed by atoms with Gasteiger partial charge in [-0.3, -0.25) is 4.79 Å². The number of fused-ring (bicyclic) bond motifs is 1. The summed E-state index contributed by atoms with van der Waals surface area (Å²) < 4.78 is 16.3. The highest BCUT2D eigenvalue weighted by molar-refractivity contribution is 5.86. The fraction of sp³-hybridized carbons (Fsp3) is 0.286. The second-order valence-corrected chi connectivity index (χ2v) is 6.35. The molecular weight excluding hydrogens is 316 g/mol. The van der Waals surface area contributed by atoms with Crippen LogP contribution in [0.4, 0.5) is 0 Å². The highest BCUT2D eigenvalue weighted by Gasteiger charge is 2.14. The van der Waals surface area contributed by atoms with Crippen molar-refractivity contribution in [3.05, 3.63) is 64.4 Å². The Morgan fingerprint density at radius 3 is 2.56 bits per heavy atom. The molecule has 4 nitrogen and oxygen atoms in total. The maximum atomic E-state index is 12.3. The maximum absolute atomic E-state index is 12.3. The molecule has 4 heteroatoms. The number of methoxy groups -OCH3 is 1. The number of ether oxygens (including phenoxy) is 2. The zero-order valence-corrected chi connectivity index (χ0v) is 15.0. The molecule has 0 atom stereocenters. The second-order valence-electron chi connectivity index (χ2n) is 6.35. The number of hydrogen-bond acceptors (Lipinski definition) is 4. The van der Waals surface area contributed by atoms with Gasteiger partial charge in [0, 0.05) is 16.5 Å². The van der Waals surface area contributed by atoms with Crippen LogP contribution in [0.15, 0.2) is 41.0 Å². The summed E-state index contributed by atoms with van der Waals surface area (Å²) in [5.74, 6) is 0.433. The fourth-order valence-electron chi connectivity index (χ4n) is 2.86. The molecular formula is C21H22O4. The Hall–Kier alpha value is -2.75. The van der Waals surface area contributed by atoms with E-state index < -0.39 is 0 Å². The number of carbonyl (C=O) groups excluding carboxylic acids is 1. The summed E-state index contributed by atoms with van der Waals surface area (Å²) in [5, 5.41) is 0.966. The Bertz CT molecular complexity index is 921. The Balaban J connectivity index is 1.71.